The van der Waals surface area contributed by atoms with Gasteiger partial charge in [-0.2, -0.15) is 0 Å². The first-order valence-corrected chi connectivity index (χ1v) is 6.28. The molecule has 0 radical (unpaired) electrons. The first-order chi connectivity index (χ1) is 9.08. The Morgan fingerprint density at radius 2 is 2.16 bits per heavy atom. The smallest absolute Gasteiger partial charge is 0.249 e. The highest BCUT2D eigenvalue weighted by Crippen LogP contribution is 2.41. The summed E-state index contributed by atoms with van der Waals surface area (Å²) in [5.41, 5.74) is 8.60. The Morgan fingerprint density at radius 3 is 2.89 bits per heavy atom. The van der Waals surface area contributed by atoms with Crippen LogP contribution in [-0.4, -0.2) is 31.6 Å². The number of imide groups is 1. The normalized spacial score (nSPS) is 22.5. The first-order valence-electron chi connectivity index (χ1n) is 6.28. The quantitative estimate of drug-likeness (QED) is 0.560. The standard InChI is InChI=1S/C13H16N4O2/c1-16-7-17(9-4-2-3-8(14)12(9)16)10-5-6-11(18)15-13(10)19/h2-4,10H,5-7,14H2,1H3,(H,15,18,19)/t10-/m1/s1. The van der Waals surface area contributed by atoms with E-state index in [1.54, 1.807) is 0 Å². The van der Waals surface area contributed by atoms with Gasteiger partial charge >= 0.3 is 0 Å². The predicted octanol–water partition coefficient (Wildman–Crippen LogP) is 0.288. The number of para-hydroxylation sites is 1. The molecule has 0 aromatic heterocycles. The lowest BCUT2D eigenvalue weighted by atomic mass is 10.0. The molecule has 0 saturated carbocycles. The van der Waals surface area contributed by atoms with E-state index in [1.165, 1.54) is 0 Å². The van der Waals surface area contributed by atoms with Gasteiger partial charge in [-0.15, -0.1) is 0 Å². The van der Waals surface area contributed by atoms with Crippen LogP contribution in [0.3, 0.4) is 0 Å². The number of fused-ring (bicyclic) bond motifs is 1. The summed E-state index contributed by atoms with van der Waals surface area (Å²) in [6.45, 7) is 0.607. The number of anilines is 3. The van der Waals surface area contributed by atoms with Gasteiger partial charge in [0.15, 0.2) is 0 Å². The Labute approximate surface area is 111 Å². The molecule has 2 heterocycles. The minimum absolute atomic E-state index is 0.193. The van der Waals surface area contributed by atoms with Crippen LogP contribution in [0.1, 0.15) is 12.8 Å². The van der Waals surface area contributed by atoms with Gasteiger partial charge in [0.05, 0.1) is 23.7 Å². The van der Waals surface area contributed by atoms with Crippen LogP contribution in [0.15, 0.2) is 18.2 Å². The van der Waals surface area contributed by atoms with Crippen molar-refractivity contribution in [2.24, 2.45) is 0 Å². The monoisotopic (exact) mass is 260 g/mol. The number of carbonyl (C=O) groups excluding carboxylic acids is 2. The Bertz CT molecular complexity index is 558. The summed E-state index contributed by atoms with van der Waals surface area (Å²) in [7, 11) is 1.95. The molecule has 1 aromatic rings. The van der Waals surface area contributed by atoms with Crippen LogP contribution in [0.4, 0.5) is 17.1 Å². The van der Waals surface area contributed by atoms with E-state index in [0.29, 0.717) is 25.2 Å². The molecule has 19 heavy (non-hydrogen) atoms. The zero-order valence-electron chi connectivity index (χ0n) is 10.7. The molecule has 3 N–H and O–H groups in total. The molecule has 0 unspecified atom stereocenters. The number of hydrogen-bond donors (Lipinski definition) is 2. The molecule has 3 rings (SSSR count). The van der Waals surface area contributed by atoms with Crippen molar-refractivity contribution in [3.63, 3.8) is 0 Å². The van der Waals surface area contributed by atoms with E-state index in [-0.39, 0.29) is 17.9 Å². The molecule has 1 saturated heterocycles. The maximum absolute atomic E-state index is 12.0. The summed E-state index contributed by atoms with van der Waals surface area (Å²) in [6, 6.07) is 5.39. The van der Waals surface area contributed by atoms with Gasteiger partial charge < -0.3 is 15.5 Å². The number of nitrogens with one attached hydrogen (secondary N) is 1. The van der Waals surface area contributed by atoms with Crippen LogP contribution >= 0.6 is 0 Å². The van der Waals surface area contributed by atoms with Crippen LogP contribution in [0.5, 0.6) is 0 Å². The average molecular weight is 260 g/mol. The number of piperidine rings is 1. The third kappa shape index (κ3) is 1.80. The van der Waals surface area contributed by atoms with E-state index in [1.807, 2.05) is 35.0 Å². The molecule has 2 aliphatic heterocycles. The number of amides is 2. The second-order valence-corrected chi connectivity index (χ2v) is 4.99. The van der Waals surface area contributed by atoms with Crippen molar-refractivity contribution in [3.8, 4) is 0 Å². The summed E-state index contributed by atoms with van der Waals surface area (Å²) in [6.07, 6.45) is 0.932. The van der Waals surface area contributed by atoms with Gasteiger partial charge in [0.2, 0.25) is 11.8 Å². The lowest BCUT2D eigenvalue weighted by Crippen LogP contribution is -2.53. The Kier molecular flexibility index (Phi) is 2.58. The molecule has 2 amide bonds. The fraction of sp³-hybridized carbons (Fsp3) is 0.385. The minimum atomic E-state index is -0.303. The lowest BCUT2D eigenvalue weighted by molar-refractivity contribution is -0.134. The molecule has 0 bridgehead atoms. The molecule has 0 aliphatic carbocycles. The Hall–Kier alpha value is -2.24. The fourth-order valence-corrected chi connectivity index (χ4v) is 2.82. The summed E-state index contributed by atoms with van der Waals surface area (Å²) in [5.74, 6) is -0.415. The zero-order chi connectivity index (χ0) is 13.6. The van der Waals surface area contributed by atoms with Gasteiger partial charge in [0, 0.05) is 13.5 Å². The van der Waals surface area contributed by atoms with E-state index in [9.17, 15) is 9.59 Å². The number of carbonyl (C=O) groups is 2. The summed E-state index contributed by atoms with van der Waals surface area (Å²) >= 11 is 0. The Morgan fingerprint density at radius 1 is 1.37 bits per heavy atom. The predicted molar refractivity (Wildman–Crippen MR) is 72.8 cm³/mol. The van der Waals surface area contributed by atoms with Crippen molar-refractivity contribution in [3.05, 3.63) is 18.2 Å². The average Bonchev–Trinajstić information content (AvgIpc) is 2.68. The van der Waals surface area contributed by atoms with Gasteiger partial charge in [-0.25, -0.2) is 0 Å². The van der Waals surface area contributed by atoms with E-state index >= 15 is 0 Å². The van der Waals surface area contributed by atoms with Crippen LogP contribution < -0.4 is 20.9 Å². The number of benzene rings is 1. The SMILES string of the molecule is CN1CN([C@@H]2CCC(=O)NC2=O)c2cccc(N)c21. The molecule has 2 aliphatic rings. The number of rotatable bonds is 1. The highest BCUT2D eigenvalue weighted by molar-refractivity contribution is 6.03. The van der Waals surface area contributed by atoms with E-state index in [4.69, 9.17) is 5.73 Å². The molecule has 0 spiro atoms. The van der Waals surface area contributed by atoms with Gasteiger partial charge in [-0.1, -0.05) is 6.07 Å². The van der Waals surface area contributed by atoms with Crippen molar-refractivity contribution in [2.75, 3.05) is 29.2 Å². The maximum atomic E-state index is 12.0. The summed E-state index contributed by atoms with van der Waals surface area (Å²) < 4.78 is 0. The van der Waals surface area contributed by atoms with Crippen LogP contribution in [0.2, 0.25) is 0 Å². The molecule has 1 atom stereocenters. The van der Waals surface area contributed by atoms with Gasteiger partial charge in [-0.05, 0) is 18.6 Å². The summed E-state index contributed by atoms with van der Waals surface area (Å²) in [4.78, 5) is 27.2. The lowest BCUT2D eigenvalue weighted by Gasteiger charge is -2.31. The highest BCUT2D eigenvalue weighted by Gasteiger charge is 2.37. The Balaban J connectivity index is 1.95. The third-order valence-corrected chi connectivity index (χ3v) is 3.69. The van der Waals surface area contributed by atoms with E-state index < -0.39 is 0 Å². The highest BCUT2D eigenvalue weighted by atomic mass is 16.2. The first kappa shape index (κ1) is 11.8. The van der Waals surface area contributed by atoms with Crippen molar-refractivity contribution in [1.82, 2.24) is 5.32 Å². The van der Waals surface area contributed by atoms with Crippen LogP contribution in [-0.2, 0) is 9.59 Å². The summed E-state index contributed by atoms with van der Waals surface area (Å²) in [5, 5.41) is 2.40. The molecule has 1 fully saturated rings. The third-order valence-electron chi connectivity index (χ3n) is 3.69. The minimum Gasteiger partial charge on any atom is -0.397 e. The molecule has 1 aromatic carbocycles. The molecule has 6 heteroatoms. The molecule has 6 nitrogen and oxygen atoms in total. The van der Waals surface area contributed by atoms with E-state index in [0.717, 1.165) is 11.4 Å². The maximum Gasteiger partial charge on any atom is 0.249 e. The van der Waals surface area contributed by atoms with E-state index in [2.05, 4.69) is 5.32 Å². The molecule has 100 valence electrons. The second kappa shape index (κ2) is 4.15. The van der Waals surface area contributed by atoms with Gasteiger partial charge in [0.1, 0.15) is 6.04 Å². The second-order valence-electron chi connectivity index (χ2n) is 4.99. The number of hydrogen-bond acceptors (Lipinski definition) is 5. The topological polar surface area (TPSA) is 78.7 Å². The van der Waals surface area contributed by atoms with Crippen LogP contribution in [0, 0.1) is 0 Å². The number of nitrogen functional groups attached to an aromatic ring is 1. The van der Waals surface area contributed by atoms with Crippen molar-refractivity contribution >= 4 is 28.9 Å². The van der Waals surface area contributed by atoms with Crippen molar-refractivity contribution in [2.45, 2.75) is 18.9 Å². The van der Waals surface area contributed by atoms with Crippen molar-refractivity contribution in [1.29, 1.82) is 0 Å². The fourth-order valence-electron chi connectivity index (χ4n) is 2.82. The molecular weight excluding hydrogens is 244 g/mol. The molecular formula is C13H16N4O2. The van der Waals surface area contributed by atoms with Crippen LogP contribution in [0.25, 0.3) is 0 Å². The zero-order valence-corrected chi connectivity index (χ0v) is 10.7. The van der Waals surface area contributed by atoms with Crippen molar-refractivity contribution < 1.29 is 9.59 Å². The largest absolute Gasteiger partial charge is 0.397 e. The number of nitrogens with two attached hydrogens (primary N) is 1. The van der Waals surface area contributed by atoms with Gasteiger partial charge in [0.25, 0.3) is 0 Å². The van der Waals surface area contributed by atoms with Gasteiger partial charge in [-0.3, -0.25) is 14.9 Å². The number of nitrogens with zero attached hydrogens (tertiary/aromatic N) is 2.